The van der Waals surface area contributed by atoms with Crippen molar-refractivity contribution < 1.29 is 0 Å². The smallest absolute Gasteiger partial charge is 0.150 e. The summed E-state index contributed by atoms with van der Waals surface area (Å²) in [7, 11) is 0. The summed E-state index contributed by atoms with van der Waals surface area (Å²) in [6.45, 7) is 10.3. The first-order valence-electron chi connectivity index (χ1n) is 8.43. The molecular weight excluding hydrogens is 294 g/mol. The van der Waals surface area contributed by atoms with Crippen LogP contribution in [0.3, 0.4) is 0 Å². The molecule has 0 amide bonds. The highest BCUT2D eigenvalue weighted by atomic mass is 15.1. The number of pyridine rings is 1. The third-order valence-electron chi connectivity index (χ3n) is 4.53. The Morgan fingerprint density at radius 3 is 2.58 bits per heavy atom. The van der Waals surface area contributed by atoms with E-state index >= 15 is 0 Å². The summed E-state index contributed by atoms with van der Waals surface area (Å²) in [6, 6.07) is 12.6. The van der Waals surface area contributed by atoms with E-state index in [9.17, 15) is 0 Å². The highest BCUT2D eigenvalue weighted by molar-refractivity contribution is 5.93. The molecule has 0 bridgehead atoms. The molecular formula is C21H25N3. The minimum absolute atomic E-state index is 0.777. The molecule has 1 N–H and O–H groups in total. The lowest BCUT2D eigenvalue weighted by Crippen LogP contribution is -2.05. The quantitative estimate of drug-likeness (QED) is 0.652. The first-order valence-corrected chi connectivity index (χ1v) is 8.43. The summed E-state index contributed by atoms with van der Waals surface area (Å²) >= 11 is 0. The summed E-state index contributed by atoms with van der Waals surface area (Å²) < 4.78 is 2.36. The van der Waals surface area contributed by atoms with Crippen LogP contribution in [0.2, 0.25) is 0 Å². The zero-order valence-corrected chi connectivity index (χ0v) is 14.9. The lowest BCUT2D eigenvalue weighted by atomic mass is 10.2. The lowest BCUT2D eigenvalue weighted by Gasteiger charge is -2.11. The van der Waals surface area contributed by atoms with E-state index in [1.54, 1.807) is 0 Å². The van der Waals surface area contributed by atoms with Crippen molar-refractivity contribution in [2.24, 2.45) is 0 Å². The van der Waals surface area contributed by atoms with Crippen LogP contribution in [0.25, 0.3) is 10.9 Å². The van der Waals surface area contributed by atoms with Crippen LogP contribution in [0.4, 0.5) is 5.82 Å². The van der Waals surface area contributed by atoms with Crippen molar-refractivity contribution in [2.75, 3.05) is 5.32 Å². The van der Waals surface area contributed by atoms with Gasteiger partial charge in [0.25, 0.3) is 0 Å². The fraction of sp³-hybridized carbons (Fsp3) is 0.286. The molecule has 0 aliphatic carbocycles. The van der Waals surface area contributed by atoms with Gasteiger partial charge in [-0.05, 0) is 44.9 Å². The Kier molecular flexibility index (Phi) is 4.70. The van der Waals surface area contributed by atoms with Crippen LogP contribution in [-0.2, 0) is 13.1 Å². The van der Waals surface area contributed by atoms with Gasteiger partial charge in [-0.15, -0.1) is 0 Å². The Bertz CT molecular complexity index is 869. The van der Waals surface area contributed by atoms with E-state index in [2.05, 4.69) is 79.0 Å². The van der Waals surface area contributed by atoms with Crippen LogP contribution in [0.15, 0.2) is 54.2 Å². The van der Waals surface area contributed by atoms with E-state index in [4.69, 9.17) is 0 Å². The number of allylic oxidation sites excluding steroid dienone is 2. The maximum absolute atomic E-state index is 4.61. The van der Waals surface area contributed by atoms with Gasteiger partial charge in [0.05, 0.1) is 5.52 Å². The van der Waals surface area contributed by atoms with Gasteiger partial charge >= 0.3 is 0 Å². The molecule has 2 aromatic heterocycles. The van der Waals surface area contributed by atoms with Gasteiger partial charge in [0, 0.05) is 30.4 Å². The van der Waals surface area contributed by atoms with Gasteiger partial charge in [0.15, 0.2) is 5.82 Å². The molecule has 0 spiro atoms. The van der Waals surface area contributed by atoms with Gasteiger partial charge in [0.2, 0.25) is 0 Å². The van der Waals surface area contributed by atoms with E-state index in [1.807, 2.05) is 12.3 Å². The van der Waals surface area contributed by atoms with Crippen LogP contribution < -0.4 is 5.32 Å². The maximum Gasteiger partial charge on any atom is 0.150 e. The average Bonchev–Trinajstić information content (AvgIpc) is 2.84. The van der Waals surface area contributed by atoms with Crippen molar-refractivity contribution in [3.05, 3.63) is 71.1 Å². The summed E-state index contributed by atoms with van der Waals surface area (Å²) in [5, 5.41) is 4.80. The normalized spacial score (nSPS) is 10.8. The number of aromatic nitrogens is 2. The van der Waals surface area contributed by atoms with Crippen LogP contribution >= 0.6 is 0 Å². The molecule has 0 radical (unpaired) electrons. The fourth-order valence-corrected chi connectivity index (χ4v) is 3.01. The molecule has 1 aromatic carbocycles. The fourth-order valence-electron chi connectivity index (χ4n) is 3.01. The van der Waals surface area contributed by atoms with Crippen molar-refractivity contribution in [2.45, 2.75) is 40.8 Å². The molecule has 0 aliphatic rings. The van der Waals surface area contributed by atoms with Crippen LogP contribution in [-0.4, -0.2) is 9.55 Å². The number of aryl methyl sites for hydroxylation is 1. The standard InChI is InChI=1S/C21H25N3/c1-15(2)11-13-24-17(4)16(3)19-10-12-22-21(20(19)24)23-14-18-8-6-5-7-9-18/h5-12H,13-14H2,1-4H3,(H,22,23). The first kappa shape index (κ1) is 16.3. The second-order valence-corrected chi connectivity index (χ2v) is 6.50. The molecule has 24 heavy (non-hydrogen) atoms. The Hall–Kier alpha value is -2.55. The van der Waals surface area contributed by atoms with Crippen molar-refractivity contribution in [3.8, 4) is 0 Å². The van der Waals surface area contributed by atoms with Gasteiger partial charge in [-0.25, -0.2) is 4.98 Å². The Balaban J connectivity index is 2.01. The second-order valence-electron chi connectivity index (χ2n) is 6.50. The van der Waals surface area contributed by atoms with Crippen molar-refractivity contribution in [3.63, 3.8) is 0 Å². The number of fused-ring (bicyclic) bond motifs is 1. The highest BCUT2D eigenvalue weighted by Gasteiger charge is 2.14. The van der Waals surface area contributed by atoms with Crippen LogP contribution in [0, 0.1) is 13.8 Å². The van der Waals surface area contributed by atoms with E-state index in [0.29, 0.717) is 0 Å². The third kappa shape index (κ3) is 3.21. The number of nitrogens with zero attached hydrogens (tertiary/aromatic N) is 2. The Morgan fingerprint density at radius 1 is 1.12 bits per heavy atom. The Morgan fingerprint density at radius 2 is 1.88 bits per heavy atom. The number of hydrogen-bond acceptors (Lipinski definition) is 2. The summed E-state index contributed by atoms with van der Waals surface area (Å²) in [5.74, 6) is 0.953. The predicted octanol–water partition coefficient (Wildman–Crippen LogP) is 5.23. The molecule has 0 fully saturated rings. The topological polar surface area (TPSA) is 29.9 Å². The molecule has 0 atom stereocenters. The molecule has 0 saturated carbocycles. The molecule has 0 saturated heterocycles. The molecule has 2 heterocycles. The first-order chi connectivity index (χ1) is 11.6. The largest absolute Gasteiger partial charge is 0.364 e. The number of rotatable bonds is 5. The molecule has 3 rings (SSSR count). The van der Waals surface area contributed by atoms with E-state index < -0.39 is 0 Å². The van der Waals surface area contributed by atoms with Gasteiger partial charge in [-0.3, -0.25) is 0 Å². The second kappa shape index (κ2) is 6.91. The molecule has 3 heteroatoms. The number of benzene rings is 1. The molecule has 0 aliphatic heterocycles. The summed E-state index contributed by atoms with van der Waals surface area (Å²) in [4.78, 5) is 4.61. The molecule has 3 aromatic rings. The van der Waals surface area contributed by atoms with Crippen molar-refractivity contribution >= 4 is 16.7 Å². The van der Waals surface area contributed by atoms with Crippen LogP contribution in [0.5, 0.6) is 0 Å². The molecule has 124 valence electrons. The third-order valence-corrected chi connectivity index (χ3v) is 4.53. The summed E-state index contributed by atoms with van der Waals surface area (Å²) in [6.07, 6.45) is 4.16. The SMILES string of the molecule is CC(C)=CCn1c(C)c(C)c2ccnc(NCc3ccccc3)c21. The van der Waals surface area contributed by atoms with Gasteiger partial charge < -0.3 is 9.88 Å². The van der Waals surface area contributed by atoms with Crippen molar-refractivity contribution in [1.29, 1.82) is 0 Å². The number of anilines is 1. The van der Waals surface area contributed by atoms with Gasteiger partial charge in [0.1, 0.15) is 0 Å². The van der Waals surface area contributed by atoms with Gasteiger partial charge in [-0.1, -0.05) is 42.0 Å². The zero-order valence-electron chi connectivity index (χ0n) is 14.9. The summed E-state index contributed by atoms with van der Waals surface area (Å²) in [5.41, 5.74) is 6.42. The van der Waals surface area contributed by atoms with E-state index in [1.165, 1.54) is 33.3 Å². The minimum Gasteiger partial charge on any atom is -0.364 e. The minimum atomic E-state index is 0.777. The number of nitrogens with one attached hydrogen (secondary N) is 1. The zero-order chi connectivity index (χ0) is 17.1. The van der Waals surface area contributed by atoms with E-state index in [-0.39, 0.29) is 0 Å². The predicted molar refractivity (Wildman–Crippen MR) is 102 cm³/mol. The van der Waals surface area contributed by atoms with Crippen LogP contribution in [0.1, 0.15) is 30.7 Å². The average molecular weight is 319 g/mol. The van der Waals surface area contributed by atoms with E-state index in [0.717, 1.165) is 18.9 Å². The monoisotopic (exact) mass is 319 g/mol. The van der Waals surface area contributed by atoms with Gasteiger partial charge in [-0.2, -0.15) is 0 Å². The molecule has 3 nitrogen and oxygen atoms in total. The Labute approximate surface area is 144 Å². The maximum atomic E-state index is 4.61. The number of hydrogen-bond donors (Lipinski definition) is 1. The molecule has 0 unspecified atom stereocenters. The highest BCUT2D eigenvalue weighted by Crippen LogP contribution is 2.30. The lowest BCUT2D eigenvalue weighted by molar-refractivity contribution is 0.815. The van der Waals surface area contributed by atoms with Crippen molar-refractivity contribution in [1.82, 2.24) is 9.55 Å².